The number of aromatic nitrogens is 1. The maximum Gasteiger partial charge on any atom is 0.210 e. The third kappa shape index (κ3) is 3.57. The van der Waals surface area contributed by atoms with Gasteiger partial charge >= 0.3 is 0 Å². The zero-order valence-corrected chi connectivity index (χ0v) is 11.9. The predicted molar refractivity (Wildman–Crippen MR) is 72.3 cm³/mol. The Morgan fingerprint density at radius 2 is 1.38 bits per heavy atom. The van der Waals surface area contributed by atoms with Crippen LogP contribution in [0.15, 0.2) is 12.3 Å². The first-order valence-corrected chi connectivity index (χ1v) is 6.34. The lowest BCUT2D eigenvalue weighted by atomic mass is 9.92. The van der Waals surface area contributed by atoms with Crippen molar-refractivity contribution in [2.45, 2.75) is 39.1 Å². The highest BCUT2D eigenvalue weighted by molar-refractivity contribution is 6.17. The summed E-state index contributed by atoms with van der Waals surface area (Å²) in [5.74, 6) is -2.50. The maximum absolute atomic E-state index is 12.1. The molecule has 0 saturated heterocycles. The van der Waals surface area contributed by atoms with Crippen molar-refractivity contribution in [1.29, 1.82) is 0 Å². The van der Waals surface area contributed by atoms with Crippen LogP contribution in [0.5, 0.6) is 0 Å². The van der Waals surface area contributed by atoms with Crippen LogP contribution in [0, 0.1) is 0 Å². The van der Waals surface area contributed by atoms with Crippen LogP contribution in [0.2, 0.25) is 0 Å². The molecule has 21 heavy (non-hydrogen) atoms. The number of hydrogen-bond donors (Lipinski definition) is 3. The summed E-state index contributed by atoms with van der Waals surface area (Å²) < 4.78 is 0. The van der Waals surface area contributed by atoms with E-state index >= 15 is 0 Å². The number of pyridine rings is 1. The number of hydrogen-bond acceptors (Lipinski definition) is 7. The molecule has 7 nitrogen and oxygen atoms in total. The Labute approximate surface area is 121 Å². The number of carbonyl (C=O) groups is 3. The molecule has 3 N–H and O–H groups in total. The minimum atomic E-state index is -1.46. The average molecular weight is 295 g/mol. The van der Waals surface area contributed by atoms with Crippen LogP contribution in [0.4, 0.5) is 0 Å². The van der Waals surface area contributed by atoms with E-state index in [4.69, 9.17) is 0 Å². The Kier molecular flexibility index (Phi) is 5.42. The largest absolute Gasteiger partial charge is 0.385 e. The number of Topliss-reactive ketones (excluding diaryl/α,β-unsaturated/α-hetero) is 3. The SMILES string of the molecule is CC(O)C(=O)c1ccnc(C(=O)C(C)O)c1C(=O)C(C)O. The molecular formula is C14H17NO6. The molecule has 0 radical (unpaired) electrons. The highest BCUT2D eigenvalue weighted by atomic mass is 16.3. The van der Waals surface area contributed by atoms with Gasteiger partial charge in [-0.05, 0) is 26.8 Å². The first-order valence-electron chi connectivity index (χ1n) is 6.34. The first-order chi connectivity index (χ1) is 9.68. The van der Waals surface area contributed by atoms with Crippen molar-refractivity contribution in [3.05, 3.63) is 29.1 Å². The second-order valence-corrected chi connectivity index (χ2v) is 4.70. The number of aliphatic hydroxyl groups excluding tert-OH is 3. The van der Waals surface area contributed by atoms with Crippen molar-refractivity contribution in [1.82, 2.24) is 4.98 Å². The van der Waals surface area contributed by atoms with Gasteiger partial charge in [-0.15, -0.1) is 0 Å². The van der Waals surface area contributed by atoms with Gasteiger partial charge in [0, 0.05) is 11.8 Å². The zero-order chi connectivity index (χ0) is 16.3. The molecule has 0 aliphatic heterocycles. The van der Waals surface area contributed by atoms with Crippen LogP contribution >= 0.6 is 0 Å². The molecule has 3 atom stereocenters. The van der Waals surface area contributed by atoms with E-state index in [1.165, 1.54) is 26.8 Å². The third-order valence-electron chi connectivity index (χ3n) is 2.83. The number of aliphatic hydroxyl groups is 3. The van der Waals surface area contributed by atoms with E-state index in [1.807, 2.05) is 0 Å². The fraction of sp³-hybridized carbons (Fsp3) is 0.429. The van der Waals surface area contributed by atoms with E-state index < -0.39 is 41.4 Å². The molecular weight excluding hydrogens is 278 g/mol. The zero-order valence-electron chi connectivity index (χ0n) is 11.9. The van der Waals surface area contributed by atoms with Crippen molar-refractivity contribution >= 4 is 17.3 Å². The molecule has 0 amide bonds. The molecule has 0 aliphatic rings. The molecule has 1 rings (SSSR count). The summed E-state index contributed by atoms with van der Waals surface area (Å²) in [6.45, 7) is 3.60. The Morgan fingerprint density at radius 3 is 1.81 bits per heavy atom. The van der Waals surface area contributed by atoms with Gasteiger partial charge in [0.25, 0.3) is 0 Å². The van der Waals surface area contributed by atoms with Crippen molar-refractivity contribution in [2.24, 2.45) is 0 Å². The molecule has 1 aromatic heterocycles. The summed E-state index contributed by atoms with van der Waals surface area (Å²) in [6.07, 6.45) is -3.14. The third-order valence-corrected chi connectivity index (χ3v) is 2.83. The van der Waals surface area contributed by atoms with Gasteiger partial charge < -0.3 is 15.3 Å². The molecule has 0 bridgehead atoms. The molecule has 1 aromatic rings. The summed E-state index contributed by atoms with van der Waals surface area (Å²) in [6, 6.07) is 1.18. The summed E-state index contributed by atoms with van der Waals surface area (Å²) in [5.41, 5.74) is -0.999. The normalized spacial score (nSPS) is 15.1. The fourth-order valence-electron chi connectivity index (χ4n) is 1.74. The topological polar surface area (TPSA) is 125 Å². The molecule has 0 aliphatic carbocycles. The number of nitrogens with zero attached hydrogens (tertiary/aromatic N) is 1. The van der Waals surface area contributed by atoms with Crippen molar-refractivity contribution < 1.29 is 29.7 Å². The molecule has 114 valence electrons. The Balaban J connectivity index is 3.60. The first kappa shape index (κ1) is 17.1. The molecule has 0 fully saturated rings. The fourth-order valence-corrected chi connectivity index (χ4v) is 1.74. The van der Waals surface area contributed by atoms with Gasteiger partial charge in [0.1, 0.15) is 24.0 Å². The van der Waals surface area contributed by atoms with Gasteiger partial charge in [-0.3, -0.25) is 19.4 Å². The average Bonchev–Trinajstić information content (AvgIpc) is 2.43. The van der Waals surface area contributed by atoms with Crippen LogP contribution in [0.3, 0.4) is 0 Å². The maximum atomic E-state index is 12.1. The van der Waals surface area contributed by atoms with E-state index in [-0.39, 0.29) is 11.1 Å². The summed E-state index contributed by atoms with van der Waals surface area (Å²) in [5, 5.41) is 28.2. The van der Waals surface area contributed by atoms with Gasteiger partial charge in [-0.2, -0.15) is 0 Å². The Morgan fingerprint density at radius 1 is 0.905 bits per heavy atom. The van der Waals surface area contributed by atoms with Crippen molar-refractivity contribution in [3.8, 4) is 0 Å². The summed E-state index contributed by atoms with van der Waals surface area (Å²) in [4.78, 5) is 39.7. The van der Waals surface area contributed by atoms with Gasteiger partial charge in [-0.1, -0.05) is 0 Å². The van der Waals surface area contributed by atoms with Gasteiger partial charge in [0.05, 0.1) is 5.56 Å². The Hall–Kier alpha value is -1.96. The van der Waals surface area contributed by atoms with Crippen molar-refractivity contribution in [3.63, 3.8) is 0 Å². The quantitative estimate of drug-likeness (QED) is 0.619. The lowest BCUT2D eigenvalue weighted by Crippen LogP contribution is -2.29. The van der Waals surface area contributed by atoms with Crippen LogP contribution in [0.25, 0.3) is 0 Å². The minimum absolute atomic E-state index is 0.213. The second-order valence-electron chi connectivity index (χ2n) is 4.70. The van der Waals surface area contributed by atoms with E-state index in [2.05, 4.69) is 4.98 Å². The van der Waals surface area contributed by atoms with Crippen LogP contribution in [-0.4, -0.2) is 56.0 Å². The molecule has 1 heterocycles. The lowest BCUT2D eigenvalue weighted by Gasteiger charge is -2.14. The van der Waals surface area contributed by atoms with Crippen LogP contribution < -0.4 is 0 Å². The number of rotatable bonds is 6. The van der Waals surface area contributed by atoms with Gasteiger partial charge in [-0.25, -0.2) is 0 Å². The van der Waals surface area contributed by atoms with E-state index in [0.717, 1.165) is 6.20 Å². The monoisotopic (exact) mass is 295 g/mol. The van der Waals surface area contributed by atoms with E-state index in [9.17, 15) is 29.7 Å². The van der Waals surface area contributed by atoms with E-state index in [1.54, 1.807) is 0 Å². The molecule has 0 saturated carbocycles. The molecule has 0 aromatic carbocycles. The van der Waals surface area contributed by atoms with Crippen LogP contribution in [0.1, 0.15) is 52.0 Å². The summed E-state index contributed by atoms with van der Waals surface area (Å²) >= 11 is 0. The molecule has 7 heteroatoms. The van der Waals surface area contributed by atoms with Crippen LogP contribution in [-0.2, 0) is 0 Å². The summed E-state index contributed by atoms with van der Waals surface area (Å²) in [7, 11) is 0. The molecule has 3 unspecified atom stereocenters. The highest BCUT2D eigenvalue weighted by Crippen LogP contribution is 2.19. The minimum Gasteiger partial charge on any atom is -0.385 e. The van der Waals surface area contributed by atoms with Crippen molar-refractivity contribution in [2.75, 3.05) is 0 Å². The second kappa shape index (κ2) is 6.66. The number of ketones is 3. The predicted octanol–water partition coefficient (Wildman–Crippen LogP) is -0.228. The smallest absolute Gasteiger partial charge is 0.210 e. The highest BCUT2D eigenvalue weighted by Gasteiger charge is 2.30. The number of carbonyl (C=O) groups excluding carboxylic acids is 3. The van der Waals surface area contributed by atoms with E-state index in [0.29, 0.717) is 0 Å². The van der Waals surface area contributed by atoms with Gasteiger partial charge in [0.2, 0.25) is 5.78 Å². The molecule has 0 spiro atoms. The standard InChI is InChI=1S/C14H17NO6/c1-6(16)12(19)9-4-5-15-11(14(21)8(3)18)10(9)13(20)7(2)17/h4-8,16-18H,1-3H3. The lowest BCUT2D eigenvalue weighted by molar-refractivity contribution is 0.0727. The Bertz CT molecular complexity index is 539. The van der Waals surface area contributed by atoms with Gasteiger partial charge in [0.15, 0.2) is 11.6 Å².